The zero-order valence-corrected chi connectivity index (χ0v) is 16.6. The van der Waals surface area contributed by atoms with E-state index in [1.54, 1.807) is 19.1 Å². The molecule has 2 heterocycles. The van der Waals surface area contributed by atoms with Gasteiger partial charge >= 0.3 is 0 Å². The van der Waals surface area contributed by atoms with Crippen LogP contribution in [0.3, 0.4) is 0 Å². The van der Waals surface area contributed by atoms with Gasteiger partial charge in [0.25, 0.3) is 0 Å². The van der Waals surface area contributed by atoms with Crippen LogP contribution in [-0.2, 0) is 17.8 Å². The van der Waals surface area contributed by atoms with Gasteiger partial charge in [0.15, 0.2) is 5.82 Å². The number of hydrogen-bond acceptors (Lipinski definition) is 3. The quantitative estimate of drug-likeness (QED) is 0.732. The summed E-state index contributed by atoms with van der Waals surface area (Å²) in [7, 11) is 0. The average molecular weight is 414 g/mol. The number of hydrogen-bond donors (Lipinski definition) is 1. The normalized spacial score (nSPS) is 23.8. The van der Waals surface area contributed by atoms with Crippen molar-refractivity contribution in [3.05, 3.63) is 29.0 Å². The smallest absolute Gasteiger partial charge is 0.233 e. The fourth-order valence-corrected chi connectivity index (χ4v) is 4.28. The van der Waals surface area contributed by atoms with E-state index < -0.39 is 9.75 Å². The van der Waals surface area contributed by atoms with E-state index in [-0.39, 0.29) is 5.91 Å². The zero-order valence-electron chi connectivity index (χ0n) is 14.4. The van der Waals surface area contributed by atoms with Crippen LogP contribution in [0.4, 0.5) is 5.69 Å². The maximum atomic E-state index is 12.5. The highest BCUT2D eigenvalue weighted by atomic mass is 35.5. The molecule has 0 spiro atoms. The molecular formula is C18H19Cl3N4O. The van der Waals surface area contributed by atoms with E-state index >= 15 is 0 Å². The van der Waals surface area contributed by atoms with Gasteiger partial charge in [0.1, 0.15) is 10.2 Å². The van der Waals surface area contributed by atoms with Crippen molar-refractivity contribution in [1.82, 2.24) is 14.8 Å². The summed E-state index contributed by atoms with van der Waals surface area (Å²) in [6.45, 7) is 2.64. The van der Waals surface area contributed by atoms with Crippen molar-refractivity contribution in [2.75, 3.05) is 5.32 Å². The summed E-state index contributed by atoms with van der Waals surface area (Å²) in [6, 6.07) is 5.35. The van der Waals surface area contributed by atoms with Crippen molar-refractivity contribution in [1.29, 1.82) is 0 Å². The average Bonchev–Trinajstić information content (AvgIpc) is 3.02. The van der Waals surface area contributed by atoms with E-state index in [1.807, 2.05) is 6.07 Å². The molecule has 4 rings (SSSR count). The summed E-state index contributed by atoms with van der Waals surface area (Å²) in [5, 5.41) is 12.1. The van der Waals surface area contributed by atoms with E-state index in [1.165, 1.54) is 6.42 Å². The maximum absolute atomic E-state index is 12.5. The SMILES string of the molecule is C[C@@]1(C(=O)Nc2ccc(Cl)c(-c3nnc4n3CCCCC4)c2)CC1(Cl)Cl. The van der Waals surface area contributed by atoms with Gasteiger partial charge in [-0.15, -0.1) is 33.4 Å². The van der Waals surface area contributed by atoms with Crippen LogP contribution in [0.2, 0.25) is 5.02 Å². The van der Waals surface area contributed by atoms with Crippen LogP contribution in [0.25, 0.3) is 11.4 Å². The first-order valence-corrected chi connectivity index (χ1v) is 9.86. The number of fused-ring (bicyclic) bond motifs is 1. The van der Waals surface area contributed by atoms with Crippen LogP contribution in [0.1, 0.15) is 38.4 Å². The fourth-order valence-electron chi connectivity index (χ4n) is 3.37. The maximum Gasteiger partial charge on any atom is 0.233 e. The minimum atomic E-state index is -1.00. The van der Waals surface area contributed by atoms with E-state index in [2.05, 4.69) is 20.1 Å². The molecule has 0 bridgehead atoms. The number of carbonyl (C=O) groups is 1. The molecular weight excluding hydrogens is 395 g/mol. The molecule has 2 aliphatic rings. The van der Waals surface area contributed by atoms with Gasteiger partial charge in [0.05, 0.1) is 10.4 Å². The molecule has 1 aliphatic heterocycles. The molecule has 1 aromatic carbocycles. The Labute approximate surface area is 167 Å². The number of rotatable bonds is 3. The first kappa shape index (κ1) is 18.1. The Balaban J connectivity index is 1.64. The van der Waals surface area contributed by atoms with E-state index in [9.17, 15) is 4.79 Å². The molecule has 1 aliphatic carbocycles. The Morgan fingerprint density at radius 2 is 2.00 bits per heavy atom. The molecule has 138 valence electrons. The standard InChI is InChI=1S/C18H19Cl3N4O/c1-17(10-18(17,20)21)16(26)22-11-6-7-13(19)12(9-11)15-24-23-14-5-3-2-4-8-25(14)15/h6-7,9H,2-5,8,10H2,1H3,(H,22,26)/t17-/m0/s1. The summed E-state index contributed by atoms with van der Waals surface area (Å²) < 4.78 is 1.13. The lowest BCUT2D eigenvalue weighted by molar-refractivity contribution is -0.120. The number of nitrogens with one attached hydrogen (secondary N) is 1. The van der Waals surface area contributed by atoms with Crippen LogP contribution < -0.4 is 5.32 Å². The minimum Gasteiger partial charge on any atom is -0.325 e. The minimum absolute atomic E-state index is 0.198. The van der Waals surface area contributed by atoms with Crippen molar-refractivity contribution in [2.45, 2.75) is 49.9 Å². The number of benzene rings is 1. The number of amides is 1. The van der Waals surface area contributed by atoms with Crippen molar-refractivity contribution >= 4 is 46.4 Å². The second-order valence-corrected chi connectivity index (χ2v) is 9.16. The van der Waals surface area contributed by atoms with Crippen LogP contribution >= 0.6 is 34.8 Å². The number of halogens is 3. The third-order valence-electron chi connectivity index (χ3n) is 5.33. The predicted molar refractivity (Wildman–Crippen MR) is 104 cm³/mol. The van der Waals surface area contributed by atoms with Crippen LogP contribution in [0, 0.1) is 5.41 Å². The zero-order chi connectivity index (χ0) is 18.5. The second kappa shape index (κ2) is 6.39. The Bertz CT molecular complexity index is 879. The molecule has 1 aromatic heterocycles. The van der Waals surface area contributed by atoms with Crippen molar-refractivity contribution in [3.8, 4) is 11.4 Å². The van der Waals surface area contributed by atoms with Gasteiger partial charge in [-0.25, -0.2) is 0 Å². The molecule has 1 atom stereocenters. The summed E-state index contributed by atoms with van der Waals surface area (Å²) >= 11 is 18.6. The predicted octanol–water partition coefficient (Wildman–Crippen LogP) is 4.85. The molecule has 1 saturated carbocycles. The summed E-state index contributed by atoms with van der Waals surface area (Å²) in [5.41, 5.74) is 0.619. The molecule has 0 unspecified atom stereocenters. The first-order chi connectivity index (χ1) is 12.3. The summed E-state index contributed by atoms with van der Waals surface area (Å²) in [5.74, 6) is 1.53. The Morgan fingerprint density at radius 1 is 1.23 bits per heavy atom. The second-order valence-electron chi connectivity index (χ2n) is 7.26. The first-order valence-electron chi connectivity index (χ1n) is 8.73. The number of carbonyl (C=O) groups excluding carboxylic acids is 1. The van der Waals surface area contributed by atoms with Gasteiger partial charge in [-0.05, 0) is 44.4 Å². The number of nitrogens with zero attached hydrogens (tertiary/aromatic N) is 3. The lowest BCUT2D eigenvalue weighted by Gasteiger charge is -2.14. The lowest BCUT2D eigenvalue weighted by atomic mass is 10.1. The Hall–Kier alpha value is -1.30. The van der Waals surface area contributed by atoms with E-state index in [4.69, 9.17) is 34.8 Å². The number of alkyl halides is 2. The monoisotopic (exact) mass is 412 g/mol. The molecule has 0 radical (unpaired) electrons. The van der Waals surface area contributed by atoms with E-state index in [0.29, 0.717) is 17.1 Å². The van der Waals surface area contributed by atoms with Gasteiger partial charge in [-0.2, -0.15) is 0 Å². The van der Waals surface area contributed by atoms with Crippen molar-refractivity contribution in [3.63, 3.8) is 0 Å². The van der Waals surface area contributed by atoms with Gasteiger partial charge < -0.3 is 9.88 Å². The molecule has 1 fully saturated rings. The molecule has 5 nitrogen and oxygen atoms in total. The number of aryl methyl sites for hydroxylation is 1. The fraction of sp³-hybridized carbons (Fsp3) is 0.500. The Morgan fingerprint density at radius 3 is 2.73 bits per heavy atom. The Kier molecular flexibility index (Phi) is 4.45. The molecule has 1 N–H and O–H groups in total. The highest BCUT2D eigenvalue weighted by molar-refractivity contribution is 6.53. The molecule has 8 heteroatoms. The largest absolute Gasteiger partial charge is 0.325 e. The molecule has 2 aromatic rings. The molecule has 0 saturated heterocycles. The van der Waals surface area contributed by atoms with Gasteiger partial charge in [0.2, 0.25) is 5.91 Å². The van der Waals surface area contributed by atoms with Gasteiger partial charge in [-0.1, -0.05) is 18.0 Å². The van der Waals surface area contributed by atoms with Gasteiger partial charge in [0, 0.05) is 24.2 Å². The van der Waals surface area contributed by atoms with Crippen LogP contribution in [0.5, 0.6) is 0 Å². The highest BCUT2D eigenvalue weighted by Crippen LogP contribution is 2.64. The highest BCUT2D eigenvalue weighted by Gasteiger charge is 2.67. The number of aromatic nitrogens is 3. The van der Waals surface area contributed by atoms with Crippen LogP contribution in [0.15, 0.2) is 18.2 Å². The van der Waals surface area contributed by atoms with Crippen molar-refractivity contribution in [2.24, 2.45) is 5.41 Å². The van der Waals surface area contributed by atoms with Gasteiger partial charge in [-0.3, -0.25) is 4.79 Å². The topological polar surface area (TPSA) is 59.8 Å². The van der Waals surface area contributed by atoms with E-state index in [0.717, 1.165) is 43.0 Å². The molecule has 26 heavy (non-hydrogen) atoms. The summed E-state index contributed by atoms with van der Waals surface area (Å²) in [4.78, 5) is 12.5. The van der Waals surface area contributed by atoms with Crippen molar-refractivity contribution < 1.29 is 4.79 Å². The third kappa shape index (κ3) is 3.00. The summed E-state index contributed by atoms with van der Waals surface area (Å²) in [6.07, 6.45) is 4.76. The number of anilines is 1. The third-order valence-corrected chi connectivity index (χ3v) is 6.76. The molecule has 1 amide bonds. The van der Waals surface area contributed by atoms with Crippen LogP contribution in [-0.4, -0.2) is 25.0 Å². The lowest BCUT2D eigenvalue weighted by Crippen LogP contribution is -2.25.